The zero-order chi connectivity index (χ0) is 38.2. The van der Waals surface area contributed by atoms with Gasteiger partial charge in [-0.1, -0.05) is 0 Å². The molecule has 0 unspecified atom stereocenters. The van der Waals surface area contributed by atoms with Gasteiger partial charge in [0.05, 0.1) is 0 Å². The number of ether oxygens (including phenoxy) is 3. The fourth-order valence-electron chi connectivity index (χ4n) is 5.99. The van der Waals surface area contributed by atoms with Crippen LogP contribution in [0, 0.1) is 27.7 Å². The third-order valence-corrected chi connectivity index (χ3v) is 31.6. The van der Waals surface area contributed by atoms with Crippen molar-refractivity contribution in [3.05, 3.63) is 127 Å². The first kappa shape index (κ1) is 40.8. The standard InChI is InChI=1S/2C8H10O3S.3C7H6BrO.Sb/c2*1-6-3-4-7(2)8(5-6)12(9,10)11;3*1-9-7-4-2-6(8)3-5-7;/h2*3-5H,1-2H3,(H,9,10,11);3*2-4H,1H3;/q;;;;;+2/p-2. The minimum atomic E-state index is -7.57. The number of hydrogen-bond donors (Lipinski definition) is 0. The minimum absolute atomic E-state index is 0.0141. The van der Waals surface area contributed by atoms with Crippen molar-refractivity contribution in [3.8, 4) is 17.2 Å². The van der Waals surface area contributed by atoms with Gasteiger partial charge in [-0.3, -0.25) is 0 Å². The summed E-state index contributed by atoms with van der Waals surface area (Å²) in [5.74, 6) is 0.254. The van der Waals surface area contributed by atoms with Gasteiger partial charge in [0.15, 0.2) is 0 Å². The third-order valence-electron chi connectivity index (χ3n) is 8.44. The van der Waals surface area contributed by atoms with E-state index in [2.05, 4.69) is 47.8 Å². The van der Waals surface area contributed by atoms with Gasteiger partial charge in [0.25, 0.3) is 0 Å². The molecule has 0 saturated heterocycles. The predicted molar refractivity (Wildman–Crippen MR) is 215 cm³/mol. The summed E-state index contributed by atoms with van der Waals surface area (Å²) in [4.78, 5) is -0.370. The summed E-state index contributed by atoms with van der Waals surface area (Å²) >= 11 is 3.13. The number of methoxy groups -OCH3 is 3. The van der Waals surface area contributed by atoms with E-state index in [4.69, 9.17) is 19.1 Å². The Balaban J connectivity index is 2.23. The maximum absolute atomic E-state index is 15.3. The van der Waals surface area contributed by atoms with Gasteiger partial charge in [-0.2, -0.15) is 0 Å². The quantitative estimate of drug-likeness (QED) is 0.118. The van der Waals surface area contributed by atoms with Crippen molar-refractivity contribution in [3.63, 3.8) is 0 Å². The second kappa shape index (κ2) is 15.4. The Morgan fingerprint density at radius 3 is 1.06 bits per heavy atom. The average molecular weight is 1050 g/mol. The van der Waals surface area contributed by atoms with Gasteiger partial charge in [-0.25, -0.2) is 0 Å². The van der Waals surface area contributed by atoms with Crippen LogP contribution in [0.4, 0.5) is 0 Å². The van der Waals surface area contributed by atoms with Gasteiger partial charge < -0.3 is 0 Å². The topological polar surface area (TPSA) is 114 Å². The molecule has 0 fully saturated rings. The number of halogens is 3. The molecule has 0 bridgehead atoms. The molecule has 5 rings (SSSR count). The summed E-state index contributed by atoms with van der Waals surface area (Å²) in [7, 11) is -5.77. The summed E-state index contributed by atoms with van der Waals surface area (Å²) in [6, 6.07) is 24.3. The van der Waals surface area contributed by atoms with Gasteiger partial charge in [0.2, 0.25) is 0 Å². The first-order chi connectivity index (χ1) is 24.4. The molecule has 0 radical (unpaired) electrons. The molecule has 0 heterocycles. The molecule has 0 aliphatic rings. The van der Waals surface area contributed by atoms with Crippen molar-refractivity contribution in [1.82, 2.24) is 0 Å². The second-order valence-corrected chi connectivity index (χ2v) is 29.9. The Kier molecular flexibility index (Phi) is 12.0. The monoisotopic (exact) mass is 1050 g/mol. The Morgan fingerprint density at radius 1 is 0.462 bits per heavy atom. The summed E-state index contributed by atoms with van der Waals surface area (Å²) in [5.41, 5.74) is 1.98. The van der Waals surface area contributed by atoms with Crippen LogP contribution in [-0.4, -0.2) is 56.4 Å². The van der Waals surface area contributed by atoms with E-state index in [1.54, 1.807) is 107 Å². The van der Waals surface area contributed by atoms with Gasteiger partial charge in [0.1, 0.15) is 0 Å². The van der Waals surface area contributed by atoms with Crippen molar-refractivity contribution in [2.45, 2.75) is 37.5 Å². The van der Waals surface area contributed by atoms with Crippen LogP contribution in [0.1, 0.15) is 22.3 Å². The third kappa shape index (κ3) is 7.34. The summed E-state index contributed by atoms with van der Waals surface area (Å²) in [6.45, 7) is 6.76. The van der Waals surface area contributed by atoms with Crippen LogP contribution in [0.25, 0.3) is 0 Å². The Bertz CT molecular complexity index is 2200. The normalized spacial score (nSPS) is 12.9. The molecule has 0 amide bonds. The fraction of sp³-hybridized carbons (Fsp3) is 0.189. The fourth-order valence-corrected chi connectivity index (χ4v) is 34.6. The molecule has 15 heteroatoms. The molecular formula is C37H36Br3O9S2Sb. The van der Waals surface area contributed by atoms with Crippen LogP contribution >= 0.6 is 47.8 Å². The Labute approximate surface area is 332 Å². The van der Waals surface area contributed by atoms with E-state index in [0.29, 0.717) is 35.7 Å². The number of aryl methyl sites for hydroxylation is 4. The predicted octanol–water partition coefficient (Wildman–Crippen LogP) is 7.46. The van der Waals surface area contributed by atoms with Crippen LogP contribution in [-0.2, 0) is 25.2 Å². The zero-order valence-corrected chi connectivity index (χ0v) is 38.2. The molecule has 276 valence electrons. The zero-order valence-electron chi connectivity index (χ0n) is 29.2. The van der Waals surface area contributed by atoms with Crippen molar-refractivity contribution in [2.24, 2.45) is 0 Å². The molecule has 0 aliphatic carbocycles. The second-order valence-electron chi connectivity index (χ2n) is 12.0. The van der Waals surface area contributed by atoms with Crippen molar-refractivity contribution in [2.75, 3.05) is 21.3 Å². The Morgan fingerprint density at radius 2 is 0.769 bits per heavy atom. The average Bonchev–Trinajstić information content (AvgIpc) is 3.09. The van der Waals surface area contributed by atoms with E-state index in [1.165, 1.54) is 33.5 Å². The molecular weight excluding hydrogens is 1010 g/mol. The van der Waals surface area contributed by atoms with E-state index >= 15 is 16.8 Å². The summed E-state index contributed by atoms with van der Waals surface area (Å²) < 4.78 is 94.7. The molecule has 0 aliphatic heterocycles. The van der Waals surface area contributed by atoms with E-state index in [0.717, 1.165) is 0 Å². The molecule has 0 atom stereocenters. The SMILES string of the molecule is COc1ccc(Br)c[c]1[Sb]([O]S(=O)(=O)c1cc(C)ccc1C)([O]S(=O)(=O)c1cc(C)ccc1C)([c]1cc(Br)ccc1OC)[c]1cc(Br)ccc1OC. The van der Waals surface area contributed by atoms with Gasteiger partial charge >= 0.3 is 335 Å². The molecule has 0 spiro atoms. The Hall–Kier alpha value is -2.42. The van der Waals surface area contributed by atoms with Gasteiger partial charge in [-0.15, -0.1) is 0 Å². The number of rotatable bonds is 12. The van der Waals surface area contributed by atoms with Crippen LogP contribution in [0.5, 0.6) is 17.2 Å². The molecule has 9 nitrogen and oxygen atoms in total. The summed E-state index contributed by atoms with van der Waals surface area (Å²) in [5, 5.41) is 0. The van der Waals surface area contributed by atoms with Gasteiger partial charge in [0, 0.05) is 0 Å². The molecule has 0 aromatic heterocycles. The van der Waals surface area contributed by atoms with Crippen LogP contribution in [0.3, 0.4) is 0 Å². The van der Waals surface area contributed by atoms with E-state index < -0.39 is 38.5 Å². The summed E-state index contributed by atoms with van der Waals surface area (Å²) in [6.07, 6.45) is 0. The molecule has 5 aromatic rings. The number of hydrogen-bond acceptors (Lipinski definition) is 9. The first-order valence-corrected chi connectivity index (χ1v) is 26.6. The van der Waals surface area contributed by atoms with E-state index in [-0.39, 0.29) is 37.6 Å². The van der Waals surface area contributed by atoms with Crippen LogP contribution in [0.15, 0.2) is 114 Å². The number of benzene rings is 5. The van der Waals surface area contributed by atoms with Crippen molar-refractivity contribution >= 4 is 96.8 Å². The van der Waals surface area contributed by atoms with Crippen LogP contribution < -0.4 is 24.7 Å². The van der Waals surface area contributed by atoms with Crippen LogP contribution in [0.2, 0.25) is 0 Å². The molecule has 0 N–H and O–H groups in total. The van der Waals surface area contributed by atoms with E-state index in [9.17, 15) is 0 Å². The van der Waals surface area contributed by atoms with E-state index in [1.807, 2.05) is 0 Å². The van der Waals surface area contributed by atoms with Gasteiger partial charge in [-0.05, 0) is 0 Å². The molecule has 0 saturated carbocycles. The molecule has 52 heavy (non-hydrogen) atoms. The molecule has 5 aromatic carbocycles. The maximum atomic E-state index is 15.3. The first-order valence-electron chi connectivity index (χ1n) is 15.5. The van der Waals surface area contributed by atoms with Crippen molar-refractivity contribution < 1.29 is 36.0 Å². The van der Waals surface area contributed by atoms with Crippen molar-refractivity contribution in [1.29, 1.82) is 0 Å².